The molecule has 0 amide bonds. The number of ether oxygens (including phenoxy) is 1. The van der Waals surface area contributed by atoms with Crippen LogP contribution in [0.5, 0.6) is 11.5 Å². The number of sulfonamides is 1. The van der Waals surface area contributed by atoms with Gasteiger partial charge in [-0.15, -0.1) is 0 Å². The Bertz CT molecular complexity index is 809. The van der Waals surface area contributed by atoms with Crippen molar-refractivity contribution in [2.24, 2.45) is 0 Å². The molecule has 1 aliphatic heterocycles. The predicted octanol–water partition coefficient (Wildman–Crippen LogP) is 3.24. The zero-order chi connectivity index (χ0) is 17.2. The normalized spacial score (nSPS) is 16.0. The summed E-state index contributed by atoms with van der Waals surface area (Å²) < 4.78 is 31.9. The molecule has 0 bridgehead atoms. The van der Waals surface area contributed by atoms with E-state index in [1.54, 1.807) is 40.7 Å². The molecule has 24 heavy (non-hydrogen) atoms. The quantitative estimate of drug-likeness (QED) is 0.922. The van der Waals surface area contributed by atoms with Gasteiger partial charge in [-0.3, -0.25) is 0 Å². The van der Waals surface area contributed by atoms with Crippen molar-refractivity contribution in [1.29, 1.82) is 0 Å². The fourth-order valence-electron chi connectivity index (χ4n) is 2.94. The zero-order valence-electron chi connectivity index (χ0n) is 13.6. The van der Waals surface area contributed by atoms with Crippen LogP contribution in [0.2, 0.25) is 0 Å². The lowest BCUT2D eigenvalue weighted by molar-refractivity contribution is 0.346. The molecule has 1 heterocycles. The van der Waals surface area contributed by atoms with Crippen molar-refractivity contribution in [3.63, 3.8) is 0 Å². The molecule has 0 unspecified atom stereocenters. The van der Waals surface area contributed by atoms with Crippen LogP contribution >= 0.6 is 0 Å². The number of hydrogen-bond donors (Lipinski definition) is 1. The molecule has 0 radical (unpaired) electrons. The van der Waals surface area contributed by atoms with Crippen LogP contribution in [0, 0.1) is 0 Å². The largest absolute Gasteiger partial charge is 0.504 e. The van der Waals surface area contributed by atoms with Crippen molar-refractivity contribution in [2.75, 3.05) is 20.2 Å². The molecule has 1 saturated heterocycles. The number of methoxy groups -OCH3 is 1. The molecule has 6 heteroatoms. The predicted molar refractivity (Wildman–Crippen MR) is 92.7 cm³/mol. The highest BCUT2D eigenvalue weighted by molar-refractivity contribution is 7.89. The summed E-state index contributed by atoms with van der Waals surface area (Å²) in [7, 11) is -1.92. The van der Waals surface area contributed by atoms with E-state index in [4.69, 9.17) is 4.74 Å². The van der Waals surface area contributed by atoms with Gasteiger partial charge in [0, 0.05) is 13.1 Å². The molecule has 2 aromatic carbocycles. The smallest absolute Gasteiger partial charge is 0.243 e. The standard InChI is InChI=1S/C18H21NO4S/c1-23-18-10-7-15(13-17(18)20)14-5-8-16(9-6-14)24(21,22)19-11-3-2-4-12-19/h5-10,13,20H,2-4,11-12H2,1H3. The van der Waals surface area contributed by atoms with Crippen LogP contribution < -0.4 is 4.74 Å². The van der Waals surface area contributed by atoms with Gasteiger partial charge in [-0.25, -0.2) is 8.42 Å². The van der Waals surface area contributed by atoms with Gasteiger partial charge in [0.25, 0.3) is 0 Å². The molecule has 0 saturated carbocycles. The SMILES string of the molecule is COc1ccc(-c2ccc(S(=O)(=O)N3CCCCC3)cc2)cc1O. The first-order valence-corrected chi connectivity index (χ1v) is 9.44. The number of nitrogens with zero attached hydrogens (tertiary/aromatic N) is 1. The van der Waals surface area contributed by atoms with Gasteiger partial charge < -0.3 is 9.84 Å². The van der Waals surface area contributed by atoms with Crippen LogP contribution in [0.4, 0.5) is 0 Å². The molecule has 0 atom stereocenters. The van der Waals surface area contributed by atoms with E-state index in [0.29, 0.717) is 23.7 Å². The second kappa shape index (κ2) is 6.83. The zero-order valence-corrected chi connectivity index (χ0v) is 14.4. The highest BCUT2D eigenvalue weighted by Gasteiger charge is 2.25. The Morgan fingerprint density at radius 3 is 2.17 bits per heavy atom. The first-order chi connectivity index (χ1) is 11.5. The third-order valence-electron chi connectivity index (χ3n) is 4.32. The van der Waals surface area contributed by atoms with Gasteiger partial charge in [0.05, 0.1) is 12.0 Å². The van der Waals surface area contributed by atoms with Gasteiger partial charge >= 0.3 is 0 Å². The maximum Gasteiger partial charge on any atom is 0.243 e. The lowest BCUT2D eigenvalue weighted by Gasteiger charge is -2.25. The number of aromatic hydroxyl groups is 1. The Balaban J connectivity index is 1.86. The molecule has 0 spiro atoms. The van der Waals surface area contributed by atoms with E-state index in [1.165, 1.54) is 7.11 Å². The second-order valence-corrected chi connectivity index (χ2v) is 7.81. The van der Waals surface area contributed by atoms with Crippen molar-refractivity contribution in [2.45, 2.75) is 24.2 Å². The van der Waals surface area contributed by atoms with Crippen LogP contribution in [0.15, 0.2) is 47.4 Å². The molecular formula is C18H21NO4S. The topological polar surface area (TPSA) is 66.8 Å². The molecule has 1 aliphatic rings. The maximum absolute atomic E-state index is 12.6. The van der Waals surface area contributed by atoms with Gasteiger partial charge in [-0.05, 0) is 48.2 Å². The maximum atomic E-state index is 12.6. The second-order valence-electron chi connectivity index (χ2n) is 5.88. The number of hydrogen-bond acceptors (Lipinski definition) is 4. The summed E-state index contributed by atoms with van der Waals surface area (Å²) in [6.45, 7) is 1.19. The first kappa shape index (κ1) is 16.8. The summed E-state index contributed by atoms with van der Waals surface area (Å²) in [4.78, 5) is 0.311. The number of phenols is 1. The first-order valence-electron chi connectivity index (χ1n) is 8.00. The average molecular weight is 347 g/mol. The molecular weight excluding hydrogens is 326 g/mol. The average Bonchev–Trinajstić information content (AvgIpc) is 2.62. The minimum absolute atomic E-state index is 0.0556. The van der Waals surface area contributed by atoms with E-state index in [1.807, 2.05) is 6.07 Å². The number of phenolic OH excluding ortho intramolecular Hbond substituents is 1. The van der Waals surface area contributed by atoms with Crippen molar-refractivity contribution < 1.29 is 18.3 Å². The fraction of sp³-hybridized carbons (Fsp3) is 0.333. The number of rotatable bonds is 4. The van der Waals surface area contributed by atoms with Crippen molar-refractivity contribution in [3.8, 4) is 22.6 Å². The summed E-state index contributed by atoms with van der Waals surface area (Å²) in [5.74, 6) is 0.461. The lowest BCUT2D eigenvalue weighted by Crippen LogP contribution is -2.35. The van der Waals surface area contributed by atoms with Gasteiger partial charge in [0.2, 0.25) is 10.0 Å². The van der Waals surface area contributed by atoms with Gasteiger partial charge in [0.15, 0.2) is 11.5 Å². The molecule has 1 fully saturated rings. The molecule has 3 rings (SSSR count). The van der Waals surface area contributed by atoms with E-state index in [2.05, 4.69) is 0 Å². The summed E-state index contributed by atoms with van der Waals surface area (Å²) in [6.07, 6.45) is 2.93. The third kappa shape index (κ3) is 3.25. The number of benzene rings is 2. The molecule has 0 aliphatic carbocycles. The van der Waals surface area contributed by atoms with E-state index in [0.717, 1.165) is 30.4 Å². The van der Waals surface area contributed by atoms with E-state index in [-0.39, 0.29) is 5.75 Å². The Labute approximate surface area is 142 Å². The van der Waals surface area contributed by atoms with Crippen LogP contribution in [0.25, 0.3) is 11.1 Å². The van der Waals surface area contributed by atoms with Gasteiger partial charge in [-0.1, -0.05) is 24.6 Å². The monoisotopic (exact) mass is 347 g/mol. The van der Waals surface area contributed by atoms with Crippen molar-refractivity contribution in [1.82, 2.24) is 4.31 Å². The van der Waals surface area contributed by atoms with Gasteiger partial charge in [0.1, 0.15) is 0 Å². The Morgan fingerprint density at radius 1 is 0.958 bits per heavy atom. The Hall–Kier alpha value is -2.05. The van der Waals surface area contributed by atoms with Crippen molar-refractivity contribution in [3.05, 3.63) is 42.5 Å². The van der Waals surface area contributed by atoms with Crippen LogP contribution in [-0.4, -0.2) is 38.0 Å². The van der Waals surface area contributed by atoms with E-state index < -0.39 is 10.0 Å². The Morgan fingerprint density at radius 2 is 1.58 bits per heavy atom. The minimum atomic E-state index is -3.42. The summed E-state index contributed by atoms with van der Waals surface area (Å²) in [6, 6.07) is 11.9. The van der Waals surface area contributed by atoms with Crippen molar-refractivity contribution >= 4 is 10.0 Å². The Kier molecular flexibility index (Phi) is 4.78. The van der Waals surface area contributed by atoms with Gasteiger partial charge in [-0.2, -0.15) is 4.31 Å². The van der Waals surface area contributed by atoms with E-state index >= 15 is 0 Å². The summed E-state index contributed by atoms with van der Waals surface area (Å²) in [5.41, 5.74) is 1.64. The number of piperidine rings is 1. The van der Waals surface area contributed by atoms with E-state index in [9.17, 15) is 13.5 Å². The third-order valence-corrected chi connectivity index (χ3v) is 6.23. The van der Waals surface area contributed by atoms with Crippen LogP contribution in [0.3, 0.4) is 0 Å². The molecule has 1 N–H and O–H groups in total. The molecule has 128 valence electrons. The van der Waals surface area contributed by atoms with Crippen LogP contribution in [0.1, 0.15) is 19.3 Å². The highest BCUT2D eigenvalue weighted by atomic mass is 32.2. The lowest BCUT2D eigenvalue weighted by atomic mass is 10.1. The molecule has 5 nitrogen and oxygen atoms in total. The molecule has 0 aromatic heterocycles. The van der Waals surface area contributed by atoms with Crippen LogP contribution in [-0.2, 0) is 10.0 Å². The minimum Gasteiger partial charge on any atom is -0.504 e. The fourth-order valence-corrected chi connectivity index (χ4v) is 4.46. The summed E-state index contributed by atoms with van der Waals surface area (Å²) in [5, 5.41) is 9.88. The summed E-state index contributed by atoms with van der Waals surface area (Å²) >= 11 is 0. The highest BCUT2D eigenvalue weighted by Crippen LogP contribution is 2.32. The molecule has 2 aromatic rings.